The van der Waals surface area contributed by atoms with E-state index in [-0.39, 0.29) is 11.7 Å². The van der Waals surface area contributed by atoms with Gasteiger partial charge in [-0.05, 0) is 37.3 Å². The van der Waals surface area contributed by atoms with Crippen molar-refractivity contribution < 1.29 is 14.6 Å². The normalized spacial score (nSPS) is 12.1. The summed E-state index contributed by atoms with van der Waals surface area (Å²) >= 11 is 0. The lowest BCUT2D eigenvalue weighted by Crippen LogP contribution is -2.08. The molecular weight excluding hydrogens is 232 g/mol. The van der Waals surface area contributed by atoms with Crippen molar-refractivity contribution in [3.05, 3.63) is 47.8 Å². The molecule has 0 saturated carbocycles. The highest BCUT2D eigenvalue weighted by Gasteiger charge is 2.15. The van der Waals surface area contributed by atoms with Crippen LogP contribution in [0.25, 0.3) is 0 Å². The quantitative estimate of drug-likeness (QED) is 0.723. The first-order valence-corrected chi connectivity index (χ1v) is 5.50. The zero-order valence-corrected chi connectivity index (χ0v) is 9.88. The van der Waals surface area contributed by atoms with Crippen molar-refractivity contribution in [2.75, 3.05) is 5.73 Å². The molecule has 0 spiro atoms. The largest absolute Gasteiger partial charge is 0.484 e. The summed E-state index contributed by atoms with van der Waals surface area (Å²) in [5.41, 5.74) is 6.90. The molecule has 1 heterocycles. The predicted octanol–water partition coefficient (Wildman–Crippen LogP) is 2.44. The van der Waals surface area contributed by atoms with E-state index in [0.29, 0.717) is 11.4 Å². The number of ether oxygens (including phenoxy) is 1. The Morgan fingerprint density at radius 1 is 1.44 bits per heavy atom. The number of hydrogen-bond acceptors (Lipinski definition) is 3. The lowest BCUT2D eigenvalue weighted by atomic mass is 10.1. The second-order valence-electron chi connectivity index (χ2n) is 3.95. The molecule has 1 aromatic heterocycles. The van der Waals surface area contributed by atoms with Crippen LogP contribution in [0.3, 0.4) is 0 Å². The lowest BCUT2D eigenvalue weighted by Gasteiger charge is -2.15. The molecule has 94 valence electrons. The maximum atomic E-state index is 11.1. The molecule has 1 atom stereocenters. The molecule has 0 saturated heterocycles. The van der Waals surface area contributed by atoms with E-state index >= 15 is 0 Å². The second-order valence-corrected chi connectivity index (χ2v) is 3.95. The van der Waals surface area contributed by atoms with Crippen LogP contribution in [0.1, 0.15) is 29.1 Å². The minimum absolute atomic E-state index is 0.0633. The molecule has 5 heteroatoms. The van der Waals surface area contributed by atoms with E-state index in [9.17, 15) is 4.79 Å². The number of benzene rings is 1. The summed E-state index contributed by atoms with van der Waals surface area (Å²) in [6, 6.07) is 8.30. The smallest absolute Gasteiger partial charge is 0.339 e. The van der Waals surface area contributed by atoms with Crippen LogP contribution in [0.4, 0.5) is 5.69 Å². The monoisotopic (exact) mass is 246 g/mol. The summed E-state index contributed by atoms with van der Waals surface area (Å²) in [7, 11) is 0. The highest BCUT2D eigenvalue weighted by molar-refractivity contribution is 5.92. The fourth-order valence-electron chi connectivity index (χ4n) is 1.67. The number of carbonyl (C=O) groups is 1. The standard InChI is InChI=1S/C13H14N2O3/c1-8(11-3-2-6-15-11)18-12-5-4-9(14)7-10(12)13(16)17/h2-8,15H,14H2,1H3,(H,16,17). The van der Waals surface area contributed by atoms with Gasteiger partial charge in [-0.1, -0.05) is 0 Å². The van der Waals surface area contributed by atoms with Gasteiger partial charge in [0.15, 0.2) is 0 Å². The summed E-state index contributed by atoms with van der Waals surface area (Å²) in [4.78, 5) is 14.1. The molecular formula is C13H14N2O3. The number of aromatic carboxylic acids is 1. The molecule has 0 amide bonds. The lowest BCUT2D eigenvalue weighted by molar-refractivity contribution is 0.0689. The van der Waals surface area contributed by atoms with E-state index in [0.717, 1.165) is 5.69 Å². The minimum Gasteiger partial charge on any atom is -0.484 e. The van der Waals surface area contributed by atoms with Crippen LogP contribution in [0.5, 0.6) is 5.75 Å². The third-order valence-corrected chi connectivity index (χ3v) is 2.60. The Labute approximate surface area is 104 Å². The Bertz CT molecular complexity index is 549. The Balaban J connectivity index is 2.26. The fourth-order valence-corrected chi connectivity index (χ4v) is 1.67. The van der Waals surface area contributed by atoms with Gasteiger partial charge in [-0.25, -0.2) is 4.79 Å². The van der Waals surface area contributed by atoms with E-state index in [2.05, 4.69) is 4.98 Å². The summed E-state index contributed by atoms with van der Waals surface area (Å²) < 4.78 is 5.64. The average molecular weight is 246 g/mol. The number of H-pyrrole nitrogens is 1. The molecule has 1 unspecified atom stereocenters. The molecule has 4 N–H and O–H groups in total. The molecule has 18 heavy (non-hydrogen) atoms. The molecule has 1 aromatic carbocycles. The number of aromatic nitrogens is 1. The number of aromatic amines is 1. The summed E-state index contributed by atoms with van der Waals surface area (Å²) in [6.45, 7) is 1.84. The summed E-state index contributed by atoms with van der Waals surface area (Å²) in [5.74, 6) is -0.755. The number of nitrogen functional groups attached to an aromatic ring is 1. The van der Waals surface area contributed by atoms with E-state index in [4.69, 9.17) is 15.6 Å². The number of carboxylic acids is 1. The molecule has 0 bridgehead atoms. The maximum Gasteiger partial charge on any atom is 0.339 e. The Morgan fingerprint density at radius 3 is 2.83 bits per heavy atom. The van der Waals surface area contributed by atoms with E-state index < -0.39 is 5.97 Å². The molecule has 2 rings (SSSR count). The topological polar surface area (TPSA) is 88.3 Å². The molecule has 0 aliphatic carbocycles. The highest BCUT2D eigenvalue weighted by atomic mass is 16.5. The number of hydrogen-bond donors (Lipinski definition) is 3. The van der Waals surface area contributed by atoms with Gasteiger partial charge in [-0.15, -0.1) is 0 Å². The van der Waals surface area contributed by atoms with Crippen molar-refractivity contribution >= 4 is 11.7 Å². The molecule has 0 fully saturated rings. The first kappa shape index (κ1) is 12.0. The first-order chi connectivity index (χ1) is 8.58. The van der Waals surface area contributed by atoms with Crippen molar-refractivity contribution in [2.24, 2.45) is 0 Å². The Kier molecular flexibility index (Phi) is 3.23. The van der Waals surface area contributed by atoms with Crippen molar-refractivity contribution in [1.82, 2.24) is 4.98 Å². The van der Waals surface area contributed by atoms with Gasteiger partial charge in [0.2, 0.25) is 0 Å². The van der Waals surface area contributed by atoms with E-state index in [1.54, 1.807) is 18.3 Å². The van der Waals surface area contributed by atoms with E-state index in [1.807, 2.05) is 19.1 Å². The minimum atomic E-state index is -1.06. The number of carboxylic acid groups (broad SMARTS) is 1. The van der Waals surface area contributed by atoms with Gasteiger partial charge in [0.1, 0.15) is 17.4 Å². The second kappa shape index (κ2) is 4.83. The molecule has 0 aliphatic heterocycles. The van der Waals surface area contributed by atoms with Crippen LogP contribution >= 0.6 is 0 Å². The molecule has 5 nitrogen and oxygen atoms in total. The van der Waals surface area contributed by atoms with Gasteiger partial charge in [-0.2, -0.15) is 0 Å². The first-order valence-electron chi connectivity index (χ1n) is 5.50. The number of nitrogens with one attached hydrogen (secondary N) is 1. The summed E-state index contributed by atoms with van der Waals surface area (Å²) in [5, 5.41) is 9.09. The van der Waals surface area contributed by atoms with Crippen molar-refractivity contribution in [1.29, 1.82) is 0 Å². The number of anilines is 1. The molecule has 0 radical (unpaired) electrons. The third-order valence-electron chi connectivity index (χ3n) is 2.60. The van der Waals surface area contributed by atoms with Gasteiger partial charge in [0, 0.05) is 11.9 Å². The van der Waals surface area contributed by atoms with Crippen LogP contribution in [-0.4, -0.2) is 16.1 Å². The van der Waals surface area contributed by atoms with Gasteiger partial charge in [-0.3, -0.25) is 0 Å². The van der Waals surface area contributed by atoms with Crippen LogP contribution in [0.15, 0.2) is 36.5 Å². The third kappa shape index (κ3) is 2.45. The van der Waals surface area contributed by atoms with Crippen molar-refractivity contribution in [3.63, 3.8) is 0 Å². The van der Waals surface area contributed by atoms with Crippen LogP contribution in [0.2, 0.25) is 0 Å². The van der Waals surface area contributed by atoms with Gasteiger partial charge < -0.3 is 20.6 Å². The SMILES string of the molecule is CC(Oc1ccc(N)cc1C(=O)O)c1ccc[nH]1. The summed E-state index contributed by atoms with van der Waals surface area (Å²) in [6.07, 6.45) is 1.53. The molecule has 2 aromatic rings. The van der Waals surface area contributed by atoms with Crippen molar-refractivity contribution in [3.8, 4) is 5.75 Å². The van der Waals surface area contributed by atoms with Gasteiger partial charge in [0.05, 0.1) is 5.69 Å². The van der Waals surface area contributed by atoms with Crippen molar-refractivity contribution in [2.45, 2.75) is 13.0 Å². The van der Waals surface area contributed by atoms with Crippen LogP contribution in [0, 0.1) is 0 Å². The number of nitrogens with two attached hydrogens (primary N) is 1. The zero-order valence-electron chi connectivity index (χ0n) is 9.88. The zero-order chi connectivity index (χ0) is 13.1. The Hall–Kier alpha value is -2.43. The van der Waals surface area contributed by atoms with Crippen LogP contribution < -0.4 is 10.5 Å². The highest BCUT2D eigenvalue weighted by Crippen LogP contribution is 2.26. The maximum absolute atomic E-state index is 11.1. The fraction of sp³-hybridized carbons (Fsp3) is 0.154. The molecule has 0 aliphatic rings. The predicted molar refractivity (Wildman–Crippen MR) is 67.6 cm³/mol. The van der Waals surface area contributed by atoms with Gasteiger partial charge in [0.25, 0.3) is 0 Å². The van der Waals surface area contributed by atoms with Crippen LogP contribution in [-0.2, 0) is 0 Å². The van der Waals surface area contributed by atoms with Gasteiger partial charge >= 0.3 is 5.97 Å². The van der Waals surface area contributed by atoms with E-state index in [1.165, 1.54) is 6.07 Å². The number of rotatable bonds is 4. The average Bonchev–Trinajstić information content (AvgIpc) is 2.84. The Morgan fingerprint density at radius 2 is 2.22 bits per heavy atom.